The number of rotatable bonds is 6. The number of piperidine rings is 1. The summed E-state index contributed by atoms with van der Waals surface area (Å²) in [6.45, 7) is 2.90. The van der Waals surface area contributed by atoms with E-state index in [0.29, 0.717) is 16.8 Å². The van der Waals surface area contributed by atoms with Gasteiger partial charge in [-0.15, -0.1) is 17.5 Å². The third kappa shape index (κ3) is 5.59. The maximum absolute atomic E-state index is 12.5. The molecule has 0 spiro atoms. The molecule has 42 heavy (non-hydrogen) atoms. The van der Waals surface area contributed by atoms with Crippen LogP contribution in [0.3, 0.4) is 0 Å². The minimum absolute atomic E-state index is 0. The number of nitrogens with zero attached hydrogens (tertiary/aromatic N) is 6. The van der Waals surface area contributed by atoms with Crippen molar-refractivity contribution >= 4 is 23.3 Å². The first-order valence-corrected chi connectivity index (χ1v) is 13.9. The summed E-state index contributed by atoms with van der Waals surface area (Å²) in [5.41, 5.74) is 5.71. The molecule has 8 nitrogen and oxygen atoms in total. The molecule has 0 saturated carbocycles. The smallest absolute Gasteiger partial charge is 0.257 e. The topological polar surface area (TPSA) is 92.6 Å². The van der Waals surface area contributed by atoms with Crippen LogP contribution in [0.1, 0.15) is 30.1 Å². The van der Waals surface area contributed by atoms with Gasteiger partial charge in [-0.1, -0.05) is 60.7 Å². The fourth-order valence-corrected chi connectivity index (χ4v) is 5.61. The van der Waals surface area contributed by atoms with Crippen LogP contribution < -0.4 is 5.56 Å². The van der Waals surface area contributed by atoms with Crippen LogP contribution in [0.5, 0.6) is 0 Å². The zero-order valence-corrected chi connectivity index (χ0v) is 23.7. The minimum Gasteiger partial charge on any atom is -0.328 e. The SMILES string of the molecule is Cl.O=c1[nH]ccc2nc(-c3ccc(CN4CCC(c5ncn(-c6ccccn6)n5)CC4)cc3)c(-c3ccccc3)cc12. The largest absolute Gasteiger partial charge is 0.328 e. The molecule has 0 bridgehead atoms. The molecule has 6 aromatic rings. The summed E-state index contributed by atoms with van der Waals surface area (Å²) >= 11 is 0. The van der Waals surface area contributed by atoms with Crippen molar-refractivity contribution in [3.63, 3.8) is 0 Å². The Morgan fingerprint density at radius 3 is 2.40 bits per heavy atom. The molecular formula is C33H30ClN7O. The Labute approximate surface area is 249 Å². The number of hydrogen-bond donors (Lipinski definition) is 1. The number of pyridine rings is 3. The highest BCUT2D eigenvalue weighted by molar-refractivity contribution is 5.91. The molecule has 0 unspecified atom stereocenters. The molecule has 0 radical (unpaired) electrons. The Bertz CT molecular complexity index is 1850. The molecule has 1 aliphatic rings. The molecule has 0 amide bonds. The second kappa shape index (κ2) is 12.1. The predicted molar refractivity (Wildman–Crippen MR) is 167 cm³/mol. The number of H-pyrrole nitrogens is 1. The first kappa shape index (κ1) is 27.5. The maximum atomic E-state index is 12.5. The van der Waals surface area contributed by atoms with Crippen molar-refractivity contribution in [1.29, 1.82) is 0 Å². The molecule has 210 valence electrons. The molecule has 7 rings (SSSR count). The molecule has 9 heteroatoms. The molecule has 1 saturated heterocycles. The third-order valence-electron chi connectivity index (χ3n) is 7.82. The maximum Gasteiger partial charge on any atom is 0.257 e. The van der Waals surface area contributed by atoms with Crippen LogP contribution >= 0.6 is 12.4 Å². The van der Waals surface area contributed by atoms with Crippen LogP contribution in [0, 0.1) is 0 Å². The van der Waals surface area contributed by atoms with Gasteiger partial charge in [0, 0.05) is 36.0 Å². The number of aromatic nitrogens is 6. The summed E-state index contributed by atoms with van der Waals surface area (Å²) in [4.78, 5) is 31.6. The van der Waals surface area contributed by atoms with E-state index < -0.39 is 0 Å². The van der Waals surface area contributed by atoms with Gasteiger partial charge < -0.3 is 4.98 Å². The molecule has 2 aromatic carbocycles. The highest BCUT2D eigenvalue weighted by atomic mass is 35.5. The summed E-state index contributed by atoms with van der Waals surface area (Å²) in [7, 11) is 0. The Kier molecular flexibility index (Phi) is 7.90. The van der Waals surface area contributed by atoms with Crippen molar-refractivity contribution in [3.8, 4) is 28.2 Å². The number of benzene rings is 2. The first-order valence-electron chi connectivity index (χ1n) is 13.9. The van der Waals surface area contributed by atoms with Crippen LogP contribution in [-0.4, -0.2) is 47.7 Å². The summed E-state index contributed by atoms with van der Waals surface area (Å²) in [5, 5.41) is 5.30. The van der Waals surface area contributed by atoms with E-state index in [1.54, 1.807) is 23.4 Å². The van der Waals surface area contributed by atoms with Crippen LogP contribution in [0.15, 0.2) is 108 Å². The van der Waals surface area contributed by atoms with Crippen LogP contribution in [-0.2, 0) is 6.54 Å². The third-order valence-corrected chi connectivity index (χ3v) is 7.82. The second-order valence-electron chi connectivity index (χ2n) is 10.5. The lowest BCUT2D eigenvalue weighted by Gasteiger charge is -2.30. The lowest BCUT2D eigenvalue weighted by Crippen LogP contribution is -2.32. The van der Waals surface area contributed by atoms with E-state index in [1.165, 1.54) is 5.56 Å². The van der Waals surface area contributed by atoms with E-state index in [2.05, 4.69) is 56.3 Å². The quantitative estimate of drug-likeness (QED) is 0.260. The standard InChI is InChI=1S/C33H29N7O.ClH/c41-33-28-20-27(24-6-2-1-3-7-24)31(37-29(28)13-17-35-33)25-11-9-23(10-12-25)21-39-18-14-26(15-19-39)32-36-22-40(38-32)30-8-4-5-16-34-30;/h1-13,16-17,20,22,26H,14-15,18-19,21H2,(H,35,41);1H. The van der Waals surface area contributed by atoms with E-state index >= 15 is 0 Å². The van der Waals surface area contributed by atoms with Gasteiger partial charge in [0.2, 0.25) is 0 Å². The van der Waals surface area contributed by atoms with Crippen molar-refractivity contribution in [2.45, 2.75) is 25.3 Å². The molecule has 1 fully saturated rings. The van der Waals surface area contributed by atoms with E-state index in [-0.39, 0.29) is 18.0 Å². The minimum atomic E-state index is -0.129. The molecule has 0 aliphatic carbocycles. The molecule has 5 heterocycles. The van der Waals surface area contributed by atoms with Gasteiger partial charge in [-0.05, 0) is 61.3 Å². The zero-order valence-electron chi connectivity index (χ0n) is 22.9. The van der Waals surface area contributed by atoms with E-state index in [4.69, 9.17) is 10.1 Å². The Morgan fingerprint density at radius 2 is 1.64 bits per heavy atom. The van der Waals surface area contributed by atoms with Crippen LogP contribution in [0.4, 0.5) is 0 Å². The van der Waals surface area contributed by atoms with Gasteiger partial charge in [-0.3, -0.25) is 9.69 Å². The lowest BCUT2D eigenvalue weighted by molar-refractivity contribution is 0.201. The summed E-state index contributed by atoms with van der Waals surface area (Å²) < 4.78 is 1.76. The van der Waals surface area contributed by atoms with Gasteiger partial charge in [0.25, 0.3) is 5.56 Å². The van der Waals surface area contributed by atoms with Crippen molar-refractivity contribution < 1.29 is 0 Å². The fraction of sp³-hybridized carbons (Fsp3) is 0.182. The van der Waals surface area contributed by atoms with Crippen LogP contribution in [0.2, 0.25) is 0 Å². The van der Waals surface area contributed by atoms with Gasteiger partial charge in [0.05, 0.1) is 16.6 Å². The summed E-state index contributed by atoms with van der Waals surface area (Å²) in [6, 6.07) is 28.4. The zero-order chi connectivity index (χ0) is 27.6. The second-order valence-corrected chi connectivity index (χ2v) is 10.5. The van der Waals surface area contributed by atoms with Gasteiger partial charge in [-0.25, -0.2) is 19.6 Å². The van der Waals surface area contributed by atoms with Gasteiger partial charge >= 0.3 is 0 Å². The number of aromatic amines is 1. The molecule has 4 aromatic heterocycles. The highest BCUT2D eigenvalue weighted by Gasteiger charge is 2.24. The van der Waals surface area contributed by atoms with Gasteiger partial charge in [0.15, 0.2) is 11.6 Å². The Hall–Kier alpha value is -4.66. The summed E-state index contributed by atoms with van der Waals surface area (Å²) in [5.74, 6) is 2.05. The first-order chi connectivity index (χ1) is 20.2. The number of halogens is 1. The number of hydrogen-bond acceptors (Lipinski definition) is 6. The van der Waals surface area contributed by atoms with E-state index in [0.717, 1.165) is 66.5 Å². The average molecular weight is 576 g/mol. The number of nitrogens with one attached hydrogen (secondary N) is 1. The normalized spacial score (nSPS) is 14.1. The Balaban J connectivity index is 0.00000316. The van der Waals surface area contributed by atoms with Crippen molar-refractivity contribution in [2.75, 3.05) is 13.1 Å². The highest BCUT2D eigenvalue weighted by Crippen LogP contribution is 2.33. The van der Waals surface area contributed by atoms with Crippen molar-refractivity contribution in [2.24, 2.45) is 0 Å². The van der Waals surface area contributed by atoms with Crippen molar-refractivity contribution in [3.05, 3.63) is 125 Å². The van der Waals surface area contributed by atoms with E-state index in [1.807, 2.05) is 48.5 Å². The predicted octanol–water partition coefficient (Wildman–Crippen LogP) is 6.03. The van der Waals surface area contributed by atoms with Crippen molar-refractivity contribution in [1.82, 2.24) is 34.6 Å². The Morgan fingerprint density at radius 1 is 0.857 bits per heavy atom. The van der Waals surface area contributed by atoms with Gasteiger partial charge in [0.1, 0.15) is 6.33 Å². The van der Waals surface area contributed by atoms with E-state index in [9.17, 15) is 4.79 Å². The lowest BCUT2D eigenvalue weighted by atomic mass is 9.95. The molecule has 1 N–H and O–H groups in total. The summed E-state index contributed by atoms with van der Waals surface area (Å²) in [6.07, 6.45) is 7.25. The van der Waals surface area contributed by atoms with Crippen LogP contribution in [0.25, 0.3) is 39.1 Å². The number of likely N-dealkylation sites (tertiary alicyclic amines) is 1. The van der Waals surface area contributed by atoms with Gasteiger partial charge in [-0.2, -0.15) is 0 Å². The average Bonchev–Trinajstić information content (AvgIpc) is 3.53. The molecule has 0 atom stereocenters. The molecule has 1 aliphatic heterocycles. The fourth-order valence-electron chi connectivity index (χ4n) is 5.61. The molecular weight excluding hydrogens is 546 g/mol. The number of fused-ring (bicyclic) bond motifs is 1. The monoisotopic (exact) mass is 575 g/mol.